The highest BCUT2D eigenvalue weighted by molar-refractivity contribution is 7.47. The van der Waals surface area contributed by atoms with Gasteiger partial charge in [0.2, 0.25) is 0 Å². The molecule has 0 aromatic heterocycles. The number of ether oxygens (including phenoxy) is 2. The Morgan fingerprint density at radius 1 is 0.674 bits per heavy atom. The van der Waals surface area contributed by atoms with Crippen LogP contribution in [-0.2, 0) is 27.9 Å². The number of likely N-dealkylation sites (N-methyl/N-ethyl adjacent to an activating group) is 1. The van der Waals surface area contributed by atoms with E-state index < -0.39 is 13.9 Å². The van der Waals surface area contributed by atoms with Crippen LogP contribution in [0.4, 0.5) is 0 Å². The lowest BCUT2D eigenvalue weighted by Gasteiger charge is -2.24. The van der Waals surface area contributed by atoms with E-state index >= 15 is 0 Å². The molecule has 2 atom stereocenters. The molecule has 0 aromatic carbocycles. The molecule has 0 fully saturated rings. The van der Waals surface area contributed by atoms with Gasteiger partial charge in [-0.05, 0) is 25.3 Å². The summed E-state index contributed by atoms with van der Waals surface area (Å²) in [5, 5.41) is 0. The van der Waals surface area contributed by atoms with Crippen molar-refractivity contribution in [2.45, 2.75) is 174 Å². The van der Waals surface area contributed by atoms with Gasteiger partial charge in [0.1, 0.15) is 19.8 Å². The fourth-order valence-corrected chi connectivity index (χ4v) is 5.91. The van der Waals surface area contributed by atoms with Crippen molar-refractivity contribution in [3.63, 3.8) is 0 Å². The number of carbonyl (C=O) groups excluding carboxylic acids is 1. The number of unbranched alkanes of at least 4 members (excludes halogenated alkanes) is 21. The summed E-state index contributed by atoms with van der Waals surface area (Å²) in [5.74, 6) is -0.340. The van der Waals surface area contributed by atoms with E-state index in [0.717, 1.165) is 32.1 Å². The number of phosphoric ester groups is 1. The van der Waals surface area contributed by atoms with Crippen molar-refractivity contribution >= 4 is 13.8 Å². The molecule has 1 N–H and O–H groups in total. The van der Waals surface area contributed by atoms with Gasteiger partial charge in [-0.3, -0.25) is 13.8 Å². The summed E-state index contributed by atoms with van der Waals surface area (Å²) in [6, 6.07) is 0. The number of quaternary nitrogens is 1. The predicted octanol–water partition coefficient (Wildman–Crippen LogP) is 10.7. The van der Waals surface area contributed by atoms with Crippen molar-refractivity contribution in [1.82, 2.24) is 0 Å². The first-order valence-corrected chi connectivity index (χ1v) is 20.5. The third kappa shape index (κ3) is 34.4. The van der Waals surface area contributed by atoms with E-state index in [0.29, 0.717) is 17.4 Å². The second kappa shape index (κ2) is 31.4. The molecule has 0 saturated carbocycles. The van der Waals surface area contributed by atoms with Gasteiger partial charge in [-0.2, -0.15) is 0 Å². The average Bonchev–Trinajstić information content (AvgIpc) is 2.99. The van der Waals surface area contributed by atoms with E-state index in [4.69, 9.17) is 18.5 Å². The molecular weight excluding hydrogens is 601 g/mol. The standard InChI is InChI=1S/C37H74NO7P/c1-6-8-10-12-14-16-17-18-19-20-21-22-23-25-27-29-32-42-34-36(35-44-46(40,41)43-33-31-38(3,4)5)45-37(39)30-28-26-24-15-13-11-9-7-2/h29,32,36H,6-28,30-31,33-35H2,1-5H3/p+1/b32-29+/t36-/m0/s1. The zero-order valence-corrected chi connectivity index (χ0v) is 31.7. The third-order valence-corrected chi connectivity index (χ3v) is 9.16. The lowest BCUT2D eigenvalue weighted by atomic mass is 10.0. The first-order valence-electron chi connectivity index (χ1n) is 19.0. The maximum Gasteiger partial charge on any atom is 0.472 e. The Morgan fingerprint density at radius 3 is 1.61 bits per heavy atom. The van der Waals surface area contributed by atoms with Gasteiger partial charge in [-0.1, -0.05) is 142 Å². The molecule has 8 nitrogen and oxygen atoms in total. The molecule has 1 unspecified atom stereocenters. The Morgan fingerprint density at radius 2 is 1.13 bits per heavy atom. The number of phosphoric acid groups is 1. The molecule has 0 bridgehead atoms. The molecule has 0 radical (unpaired) electrons. The molecule has 0 saturated heterocycles. The smallest absolute Gasteiger partial charge is 0.472 e. The van der Waals surface area contributed by atoms with Gasteiger partial charge in [0, 0.05) is 6.42 Å². The highest BCUT2D eigenvalue weighted by Gasteiger charge is 2.26. The number of esters is 1. The molecule has 0 aliphatic heterocycles. The molecule has 9 heteroatoms. The van der Waals surface area contributed by atoms with Gasteiger partial charge in [-0.15, -0.1) is 0 Å². The number of rotatable bonds is 35. The second-order valence-corrected chi connectivity index (χ2v) is 15.5. The summed E-state index contributed by atoms with van der Waals surface area (Å²) >= 11 is 0. The molecule has 0 rings (SSSR count). The third-order valence-electron chi connectivity index (χ3n) is 8.17. The zero-order valence-electron chi connectivity index (χ0n) is 30.8. The fourth-order valence-electron chi connectivity index (χ4n) is 5.16. The summed E-state index contributed by atoms with van der Waals surface area (Å²) in [7, 11) is 1.64. The van der Waals surface area contributed by atoms with Crippen LogP contribution in [0.15, 0.2) is 12.3 Å². The highest BCUT2D eigenvalue weighted by atomic mass is 31.2. The summed E-state index contributed by atoms with van der Waals surface area (Å²) in [6.07, 6.45) is 32.0. The van der Waals surface area contributed by atoms with E-state index in [-0.39, 0.29) is 25.8 Å². The number of allylic oxidation sites excluding steroid dienone is 1. The first kappa shape index (κ1) is 45.1. The molecular formula is C37H75NO7P+. The van der Waals surface area contributed by atoms with Gasteiger partial charge < -0.3 is 18.9 Å². The van der Waals surface area contributed by atoms with Crippen LogP contribution in [-0.4, -0.2) is 69.0 Å². The highest BCUT2D eigenvalue weighted by Crippen LogP contribution is 2.43. The zero-order chi connectivity index (χ0) is 34.2. The number of hydrogen-bond acceptors (Lipinski definition) is 6. The predicted molar refractivity (Wildman–Crippen MR) is 192 cm³/mol. The van der Waals surface area contributed by atoms with Gasteiger partial charge in [0.05, 0.1) is 34.0 Å². The largest absolute Gasteiger partial charge is 0.498 e. The van der Waals surface area contributed by atoms with Gasteiger partial charge in [-0.25, -0.2) is 4.57 Å². The maximum atomic E-state index is 12.5. The number of carbonyl (C=O) groups is 1. The lowest BCUT2D eigenvalue weighted by molar-refractivity contribution is -0.870. The fraction of sp³-hybridized carbons (Fsp3) is 0.919. The Hall–Kier alpha value is -0.920. The van der Waals surface area contributed by atoms with Gasteiger partial charge in [0.25, 0.3) is 0 Å². The van der Waals surface area contributed by atoms with Crippen molar-refractivity contribution in [2.24, 2.45) is 0 Å². The van der Waals surface area contributed by atoms with E-state index in [1.807, 2.05) is 27.2 Å². The van der Waals surface area contributed by atoms with Gasteiger partial charge in [0.15, 0.2) is 6.10 Å². The van der Waals surface area contributed by atoms with E-state index in [2.05, 4.69) is 13.8 Å². The Balaban J connectivity index is 4.27. The van der Waals surface area contributed by atoms with E-state index in [1.165, 1.54) is 116 Å². The Labute approximate surface area is 284 Å². The second-order valence-electron chi connectivity index (χ2n) is 14.0. The minimum absolute atomic E-state index is 0.0529. The minimum Gasteiger partial charge on any atom is -0.498 e. The van der Waals surface area contributed by atoms with Crippen LogP contribution in [0.25, 0.3) is 0 Å². The van der Waals surface area contributed by atoms with Crippen molar-refractivity contribution < 1.29 is 37.3 Å². The lowest BCUT2D eigenvalue weighted by Crippen LogP contribution is -2.37. The average molecular weight is 677 g/mol. The van der Waals surface area contributed by atoms with Crippen LogP contribution < -0.4 is 0 Å². The molecule has 0 heterocycles. The molecule has 0 aliphatic carbocycles. The minimum atomic E-state index is -4.27. The summed E-state index contributed by atoms with van der Waals surface area (Å²) in [4.78, 5) is 22.6. The van der Waals surface area contributed by atoms with Gasteiger partial charge >= 0.3 is 13.8 Å². The maximum absolute atomic E-state index is 12.5. The van der Waals surface area contributed by atoms with Crippen LogP contribution in [0.1, 0.15) is 168 Å². The van der Waals surface area contributed by atoms with Crippen LogP contribution in [0, 0.1) is 0 Å². The molecule has 0 aromatic rings. The number of nitrogens with zero attached hydrogens (tertiary/aromatic N) is 1. The summed E-state index contributed by atoms with van der Waals surface area (Å²) in [6.45, 7) is 4.90. The summed E-state index contributed by atoms with van der Waals surface area (Å²) < 4.78 is 34.5. The molecule has 274 valence electrons. The first-order chi connectivity index (χ1) is 22.1. The monoisotopic (exact) mass is 677 g/mol. The van der Waals surface area contributed by atoms with Crippen molar-refractivity contribution in [3.05, 3.63) is 12.3 Å². The number of hydrogen-bond donors (Lipinski definition) is 1. The SMILES string of the molecule is CCCCCCCCCCCCCCCC/C=C/OC[C@@H](COP(=O)(O)OCC[N+](C)(C)C)OC(=O)CCCCCCCCCC. The Bertz CT molecular complexity index is 756. The van der Waals surface area contributed by atoms with Crippen LogP contribution in [0.5, 0.6) is 0 Å². The van der Waals surface area contributed by atoms with Crippen molar-refractivity contribution in [2.75, 3.05) is 47.5 Å². The van der Waals surface area contributed by atoms with Crippen molar-refractivity contribution in [1.29, 1.82) is 0 Å². The molecule has 0 spiro atoms. The quantitative estimate of drug-likeness (QED) is 0.0235. The van der Waals surface area contributed by atoms with E-state index in [1.54, 1.807) is 6.26 Å². The van der Waals surface area contributed by atoms with Crippen molar-refractivity contribution in [3.8, 4) is 0 Å². The van der Waals surface area contributed by atoms with E-state index in [9.17, 15) is 14.3 Å². The molecule has 46 heavy (non-hydrogen) atoms. The summed E-state index contributed by atoms with van der Waals surface area (Å²) in [5.41, 5.74) is 0. The van der Waals surface area contributed by atoms with Crippen LogP contribution in [0.3, 0.4) is 0 Å². The Kier molecular flexibility index (Phi) is 30.7. The van der Waals surface area contributed by atoms with Crippen LogP contribution >= 0.6 is 7.82 Å². The molecule has 0 aliphatic rings. The van der Waals surface area contributed by atoms with Crippen LogP contribution in [0.2, 0.25) is 0 Å². The topological polar surface area (TPSA) is 91.3 Å². The normalized spacial score (nSPS) is 14.0. The molecule has 0 amide bonds.